The summed E-state index contributed by atoms with van der Waals surface area (Å²) < 4.78 is 10.3. The third-order valence-electron chi connectivity index (χ3n) is 3.87. The monoisotopic (exact) mass is 312 g/mol. The molecular weight excluding hydrogens is 288 g/mol. The molecule has 0 aliphatic heterocycles. The van der Waals surface area contributed by atoms with Gasteiger partial charge < -0.3 is 14.6 Å². The zero-order valence-corrected chi connectivity index (χ0v) is 13.2. The summed E-state index contributed by atoms with van der Waals surface area (Å²) in [5, 5.41) is 9.20. The van der Waals surface area contributed by atoms with Crippen LogP contribution < -0.4 is 0 Å². The van der Waals surface area contributed by atoms with Crippen LogP contribution in [0.15, 0.2) is 12.2 Å². The summed E-state index contributed by atoms with van der Waals surface area (Å²) in [6.45, 7) is 6.78. The van der Waals surface area contributed by atoms with E-state index in [0.29, 0.717) is 19.3 Å². The van der Waals surface area contributed by atoms with Crippen molar-refractivity contribution >= 4 is 17.9 Å². The number of carboxylic acids is 1. The van der Waals surface area contributed by atoms with Gasteiger partial charge in [0.15, 0.2) is 0 Å². The number of carbonyl (C=O) groups excluding carboxylic acids is 2. The lowest BCUT2D eigenvalue weighted by Gasteiger charge is -2.28. The molecule has 3 atom stereocenters. The number of aliphatic carboxylic acids is 1. The van der Waals surface area contributed by atoms with Gasteiger partial charge in [0, 0.05) is 5.57 Å². The van der Waals surface area contributed by atoms with Crippen LogP contribution in [0.25, 0.3) is 0 Å². The normalized spacial score (nSPS) is 22.5. The van der Waals surface area contributed by atoms with Gasteiger partial charge in [0.2, 0.25) is 0 Å². The molecular formula is C16H24O6. The van der Waals surface area contributed by atoms with E-state index in [9.17, 15) is 19.5 Å². The molecule has 0 spiro atoms. The number of ether oxygens (including phenoxy) is 2. The maximum Gasteiger partial charge on any atom is 0.333 e. The van der Waals surface area contributed by atoms with Crippen molar-refractivity contribution in [1.29, 1.82) is 0 Å². The van der Waals surface area contributed by atoms with Gasteiger partial charge in [-0.3, -0.25) is 9.59 Å². The Labute approximate surface area is 130 Å². The molecule has 0 saturated heterocycles. The average Bonchev–Trinajstić information content (AvgIpc) is 2.50. The Kier molecular flexibility index (Phi) is 7.08. The molecule has 0 radical (unpaired) electrons. The Balaban J connectivity index is 2.57. The van der Waals surface area contributed by atoms with E-state index in [1.165, 1.54) is 6.92 Å². The van der Waals surface area contributed by atoms with E-state index in [4.69, 9.17) is 9.47 Å². The molecule has 1 rings (SSSR count). The van der Waals surface area contributed by atoms with Crippen molar-refractivity contribution in [3.63, 3.8) is 0 Å². The Morgan fingerprint density at radius 1 is 1.23 bits per heavy atom. The highest BCUT2D eigenvalue weighted by atomic mass is 16.6. The minimum atomic E-state index is -0.955. The van der Waals surface area contributed by atoms with Crippen molar-refractivity contribution < 1.29 is 29.0 Å². The lowest BCUT2D eigenvalue weighted by atomic mass is 9.79. The molecule has 1 aliphatic rings. The van der Waals surface area contributed by atoms with Gasteiger partial charge in [-0.25, -0.2) is 4.79 Å². The van der Waals surface area contributed by atoms with Crippen molar-refractivity contribution in [2.45, 2.75) is 52.1 Å². The molecule has 1 N–H and O–H groups in total. The summed E-state index contributed by atoms with van der Waals surface area (Å²) in [5.41, 5.74) is 0.277. The summed E-state index contributed by atoms with van der Waals surface area (Å²) in [7, 11) is 0. The third-order valence-corrected chi connectivity index (χ3v) is 3.87. The Bertz CT molecular complexity index is 442. The fourth-order valence-corrected chi connectivity index (χ4v) is 2.49. The molecule has 6 heteroatoms. The van der Waals surface area contributed by atoms with E-state index < -0.39 is 35.8 Å². The largest absolute Gasteiger partial charge is 0.481 e. The molecule has 0 amide bonds. The Morgan fingerprint density at radius 3 is 2.32 bits per heavy atom. The second kappa shape index (κ2) is 8.56. The minimum Gasteiger partial charge on any atom is -0.481 e. The predicted molar refractivity (Wildman–Crippen MR) is 79.0 cm³/mol. The van der Waals surface area contributed by atoms with E-state index in [1.54, 1.807) is 0 Å². The number of hydrogen-bond acceptors (Lipinski definition) is 5. The first-order valence-electron chi connectivity index (χ1n) is 7.62. The van der Waals surface area contributed by atoms with Crippen LogP contribution in [-0.2, 0) is 23.9 Å². The zero-order chi connectivity index (χ0) is 16.7. The van der Waals surface area contributed by atoms with Gasteiger partial charge in [-0.1, -0.05) is 26.3 Å². The van der Waals surface area contributed by atoms with Crippen LogP contribution in [-0.4, -0.2) is 35.7 Å². The molecule has 0 aromatic rings. The fourth-order valence-electron chi connectivity index (χ4n) is 2.49. The molecule has 3 unspecified atom stereocenters. The van der Waals surface area contributed by atoms with Crippen molar-refractivity contribution in [2.24, 2.45) is 11.8 Å². The van der Waals surface area contributed by atoms with Crippen molar-refractivity contribution in [1.82, 2.24) is 0 Å². The van der Waals surface area contributed by atoms with Gasteiger partial charge in [0.05, 0.1) is 11.8 Å². The average molecular weight is 312 g/mol. The summed E-state index contributed by atoms with van der Waals surface area (Å²) in [6.07, 6.45) is 2.58. The first kappa shape index (κ1) is 18.2. The van der Waals surface area contributed by atoms with Crippen LogP contribution in [0, 0.1) is 11.8 Å². The number of rotatable bonds is 7. The van der Waals surface area contributed by atoms with Gasteiger partial charge in [0.25, 0.3) is 0 Å². The summed E-state index contributed by atoms with van der Waals surface area (Å²) in [4.78, 5) is 34.8. The molecule has 1 saturated carbocycles. The van der Waals surface area contributed by atoms with E-state index >= 15 is 0 Å². The van der Waals surface area contributed by atoms with Crippen molar-refractivity contribution in [2.75, 3.05) is 6.61 Å². The summed E-state index contributed by atoms with van der Waals surface area (Å²) in [5.74, 6) is -3.29. The summed E-state index contributed by atoms with van der Waals surface area (Å²) >= 11 is 0. The lowest BCUT2D eigenvalue weighted by Crippen LogP contribution is -2.36. The highest BCUT2D eigenvalue weighted by molar-refractivity contribution is 5.87. The quantitative estimate of drug-likeness (QED) is 0.573. The van der Waals surface area contributed by atoms with Crippen LogP contribution in [0.1, 0.15) is 46.0 Å². The molecule has 22 heavy (non-hydrogen) atoms. The molecule has 6 nitrogen and oxygen atoms in total. The highest BCUT2D eigenvalue weighted by Crippen LogP contribution is 2.31. The molecule has 1 fully saturated rings. The highest BCUT2D eigenvalue weighted by Gasteiger charge is 2.37. The van der Waals surface area contributed by atoms with Crippen molar-refractivity contribution in [3.8, 4) is 0 Å². The van der Waals surface area contributed by atoms with E-state index in [2.05, 4.69) is 6.58 Å². The SMILES string of the molecule is C=C(C)C(=O)OCC(CC)OC(=O)C1CCCCC1C(=O)O. The van der Waals surface area contributed by atoms with Gasteiger partial charge >= 0.3 is 17.9 Å². The van der Waals surface area contributed by atoms with Gasteiger partial charge in [0.1, 0.15) is 12.7 Å². The van der Waals surface area contributed by atoms with Crippen LogP contribution >= 0.6 is 0 Å². The van der Waals surface area contributed by atoms with Crippen LogP contribution in [0.3, 0.4) is 0 Å². The molecule has 0 heterocycles. The second-order valence-corrected chi connectivity index (χ2v) is 5.68. The van der Waals surface area contributed by atoms with Gasteiger partial charge in [-0.2, -0.15) is 0 Å². The molecule has 124 valence electrons. The molecule has 0 aromatic heterocycles. The maximum atomic E-state index is 12.2. The van der Waals surface area contributed by atoms with E-state index in [-0.39, 0.29) is 12.2 Å². The maximum absolute atomic E-state index is 12.2. The molecule has 0 bridgehead atoms. The van der Waals surface area contributed by atoms with Gasteiger partial charge in [-0.15, -0.1) is 0 Å². The van der Waals surface area contributed by atoms with Crippen LogP contribution in [0.2, 0.25) is 0 Å². The molecule has 1 aliphatic carbocycles. The Hall–Kier alpha value is -1.85. The number of carboxylic acid groups (broad SMARTS) is 1. The van der Waals surface area contributed by atoms with Crippen LogP contribution in [0.5, 0.6) is 0 Å². The van der Waals surface area contributed by atoms with Crippen LogP contribution in [0.4, 0.5) is 0 Å². The first-order chi connectivity index (χ1) is 10.4. The predicted octanol–water partition coefficient (Wildman–Crippen LogP) is 2.32. The van der Waals surface area contributed by atoms with Gasteiger partial charge in [-0.05, 0) is 26.2 Å². The number of carbonyl (C=O) groups is 3. The van der Waals surface area contributed by atoms with E-state index in [0.717, 1.165) is 12.8 Å². The number of hydrogen-bond donors (Lipinski definition) is 1. The fraction of sp³-hybridized carbons (Fsp3) is 0.688. The standard InChI is InChI=1S/C16H24O6/c1-4-11(9-21-15(19)10(2)3)22-16(20)13-8-6-5-7-12(13)14(17)18/h11-13H,2,4-9H2,1,3H3,(H,17,18). The minimum absolute atomic E-state index is 0.0433. The third kappa shape index (κ3) is 5.16. The van der Waals surface area contributed by atoms with E-state index in [1.807, 2.05) is 6.92 Å². The topological polar surface area (TPSA) is 89.9 Å². The number of esters is 2. The Morgan fingerprint density at radius 2 is 1.82 bits per heavy atom. The zero-order valence-electron chi connectivity index (χ0n) is 13.2. The second-order valence-electron chi connectivity index (χ2n) is 5.68. The lowest BCUT2D eigenvalue weighted by molar-refractivity contribution is -0.167. The summed E-state index contributed by atoms with van der Waals surface area (Å²) in [6, 6.07) is 0. The first-order valence-corrected chi connectivity index (χ1v) is 7.62. The van der Waals surface area contributed by atoms with Crippen molar-refractivity contribution in [3.05, 3.63) is 12.2 Å². The smallest absolute Gasteiger partial charge is 0.333 e. The molecule has 0 aromatic carbocycles.